The molecule has 4 N–H and O–H groups in total. The topological polar surface area (TPSA) is 57.4 Å². The molecular formula is C5H12N4O. The summed E-state index contributed by atoms with van der Waals surface area (Å²) in [6.07, 6.45) is 0.519. The van der Waals surface area contributed by atoms with Crippen LogP contribution in [0, 0.1) is 0 Å². The molecule has 1 unspecified atom stereocenters. The average Bonchev–Trinajstić information content (AvgIpc) is 2.59. The molecule has 5 nitrogen and oxygen atoms in total. The zero-order valence-corrected chi connectivity index (χ0v) is 5.68. The van der Waals surface area contributed by atoms with Gasteiger partial charge in [0, 0.05) is 13.1 Å². The highest BCUT2D eigenvalue weighted by Crippen LogP contribution is 1.95. The zero-order valence-electron chi connectivity index (χ0n) is 5.68. The van der Waals surface area contributed by atoms with Gasteiger partial charge >= 0.3 is 0 Å². The third-order valence-corrected chi connectivity index (χ3v) is 1.77. The minimum absolute atomic E-state index is 0.211. The van der Waals surface area contributed by atoms with Crippen molar-refractivity contribution in [2.75, 3.05) is 19.8 Å². The van der Waals surface area contributed by atoms with Gasteiger partial charge in [-0.25, -0.2) is 0 Å². The van der Waals surface area contributed by atoms with Gasteiger partial charge < -0.3 is 0 Å². The first-order chi connectivity index (χ1) is 4.97. The predicted octanol–water partition coefficient (Wildman–Crippen LogP) is -2.09. The molecule has 2 rings (SSSR count). The fraction of sp³-hybridized carbons (Fsp3) is 1.00. The maximum atomic E-state index is 4.93. The monoisotopic (exact) mass is 144 g/mol. The summed E-state index contributed by atoms with van der Waals surface area (Å²) in [5.41, 5.74) is 2.86. The predicted molar refractivity (Wildman–Crippen MR) is 35.8 cm³/mol. The Balaban J connectivity index is 1.85. The Bertz CT molecular complexity index is 94.2. The van der Waals surface area contributed by atoms with Crippen LogP contribution in [0.3, 0.4) is 0 Å². The van der Waals surface area contributed by atoms with Crippen molar-refractivity contribution in [1.29, 1.82) is 0 Å². The van der Waals surface area contributed by atoms with E-state index in [1.807, 2.05) is 0 Å². The van der Waals surface area contributed by atoms with Crippen molar-refractivity contribution in [3.8, 4) is 0 Å². The molecule has 2 fully saturated rings. The number of nitrogens with one attached hydrogen (secondary N) is 4. The Morgan fingerprint density at radius 2 is 1.80 bits per heavy atom. The van der Waals surface area contributed by atoms with E-state index in [-0.39, 0.29) is 6.17 Å². The SMILES string of the molecule is C1CNC(C2NCON2)N1. The van der Waals surface area contributed by atoms with Crippen LogP contribution in [0.2, 0.25) is 0 Å². The van der Waals surface area contributed by atoms with Crippen LogP contribution in [0.15, 0.2) is 0 Å². The normalized spacial score (nSPS) is 35.4. The summed E-state index contributed by atoms with van der Waals surface area (Å²) in [4.78, 5) is 4.93. The fourth-order valence-corrected chi connectivity index (χ4v) is 1.25. The molecule has 2 aliphatic heterocycles. The molecule has 1 atom stereocenters. The summed E-state index contributed by atoms with van der Waals surface area (Å²) < 4.78 is 0. The largest absolute Gasteiger partial charge is 0.298 e. The van der Waals surface area contributed by atoms with Crippen LogP contribution >= 0.6 is 0 Å². The quantitative estimate of drug-likeness (QED) is 0.340. The summed E-state index contributed by atoms with van der Waals surface area (Å²) in [5, 5.41) is 9.70. The van der Waals surface area contributed by atoms with Gasteiger partial charge in [-0.2, -0.15) is 5.48 Å². The smallest absolute Gasteiger partial charge is 0.120 e. The van der Waals surface area contributed by atoms with Crippen LogP contribution in [0.5, 0.6) is 0 Å². The Kier molecular flexibility index (Phi) is 1.83. The summed E-state index contributed by atoms with van der Waals surface area (Å²) in [6, 6.07) is 0. The second-order valence-electron chi connectivity index (χ2n) is 2.47. The molecule has 0 spiro atoms. The van der Waals surface area contributed by atoms with E-state index < -0.39 is 0 Å². The van der Waals surface area contributed by atoms with Crippen LogP contribution in [-0.4, -0.2) is 32.2 Å². The van der Waals surface area contributed by atoms with E-state index in [4.69, 9.17) is 4.84 Å². The molecule has 2 aliphatic rings. The van der Waals surface area contributed by atoms with Gasteiger partial charge in [0.2, 0.25) is 0 Å². The van der Waals surface area contributed by atoms with E-state index in [0.29, 0.717) is 12.9 Å². The van der Waals surface area contributed by atoms with Crippen molar-refractivity contribution in [2.24, 2.45) is 0 Å². The lowest BCUT2D eigenvalue weighted by molar-refractivity contribution is 0.0807. The molecule has 0 aromatic carbocycles. The van der Waals surface area contributed by atoms with Crippen molar-refractivity contribution in [1.82, 2.24) is 21.4 Å². The molecule has 0 bridgehead atoms. The van der Waals surface area contributed by atoms with Crippen molar-refractivity contribution in [2.45, 2.75) is 12.3 Å². The molecule has 5 heteroatoms. The van der Waals surface area contributed by atoms with Gasteiger partial charge in [0.25, 0.3) is 0 Å². The number of hydrogen-bond acceptors (Lipinski definition) is 5. The summed E-state index contributed by atoms with van der Waals surface area (Å²) in [7, 11) is 0. The number of hydroxylamine groups is 1. The highest BCUT2D eigenvalue weighted by Gasteiger charge is 2.26. The number of rotatable bonds is 1. The molecule has 0 aliphatic carbocycles. The second kappa shape index (κ2) is 2.81. The van der Waals surface area contributed by atoms with Crippen molar-refractivity contribution in [3.05, 3.63) is 0 Å². The minimum atomic E-state index is 0.211. The Hall–Kier alpha value is -0.200. The van der Waals surface area contributed by atoms with E-state index in [9.17, 15) is 0 Å². The van der Waals surface area contributed by atoms with Crippen molar-refractivity contribution in [3.63, 3.8) is 0 Å². The lowest BCUT2D eigenvalue weighted by Crippen LogP contribution is -2.52. The van der Waals surface area contributed by atoms with Crippen LogP contribution in [0.25, 0.3) is 0 Å². The van der Waals surface area contributed by atoms with Gasteiger partial charge in [-0.1, -0.05) is 0 Å². The van der Waals surface area contributed by atoms with Gasteiger partial charge in [-0.05, 0) is 0 Å². The fourth-order valence-electron chi connectivity index (χ4n) is 1.25. The Labute approximate surface area is 59.5 Å². The highest BCUT2D eigenvalue weighted by molar-refractivity contribution is 4.82. The maximum absolute atomic E-state index is 4.93. The average molecular weight is 144 g/mol. The second-order valence-corrected chi connectivity index (χ2v) is 2.47. The molecule has 0 radical (unpaired) electrons. The summed E-state index contributed by atoms with van der Waals surface area (Å²) >= 11 is 0. The van der Waals surface area contributed by atoms with E-state index in [1.165, 1.54) is 0 Å². The van der Waals surface area contributed by atoms with E-state index in [1.54, 1.807) is 0 Å². The van der Waals surface area contributed by atoms with E-state index >= 15 is 0 Å². The first-order valence-electron chi connectivity index (χ1n) is 3.54. The van der Waals surface area contributed by atoms with Gasteiger partial charge in [-0.15, -0.1) is 0 Å². The molecule has 2 heterocycles. The van der Waals surface area contributed by atoms with Crippen molar-refractivity contribution >= 4 is 0 Å². The van der Waals surface area contributed by atoms with E-state index in [2.05, 4.69) is 21.4 Å². The third-order valence-electron chi connectivity index (χ3n) is 1.77. The van der Waals surface area contributed by atoms with Crippen LogP contribution < -0.4 is 21.4 Å². The molecule has 0 saturated carbocycles. The lowest BCUT2D eigenvalue weighted by atomic mass is 10.4. The van der Waals surface area contributed by atoms with Crippen LogP contribution in [0.1, 0.15) is 0 Å². The Morgan fingerprint density at radius 1 is 1.00 bits per heavy atom. The van der Waals surface area contributed by atoms with Gasteiger partial charge in [0.05, 0.1) is 6.17 Å². The maximum Gasteiger partial charge on any atom is 0.120 e. The summed E-state index contributed by atoms with van der Waals surface area (Å²) in [5.74, 6) is 0. The van der Waals surface area contributed by atoms with Crippen LogP contribution in [0.4, 0.5) is 0 Å². The van der Waals surface area contributed by atoms with Gasteiger partial charge in [-0.3, -0.25) is 20.8 Å². The van der Waals surface area contributed by atoms with E-state index in [0.717, 1.165) is 13.1 Å². The molecule has 10 heavy (non-hydrogen) atoms. The minimum Gasteiger partial charge on any atom is -0.298 e. The molecule has 0 amide bonds. The third kappa shape index (κ3) is 1.14. The lowest BCUT2D eigenvalue weighted by Gasteiger charge is -2.16. The first kappa shape index (κ1) is 6.51. The Morgan fingerprint density at radius 3 is 2.40 bits per heavy atom. The standard InChI is InChI=1S/C5H12N4O/c1-2-7-4(6-1)5-8-3-10-9-5/h4-9H,1-3H2. The molecular weight excluding hydrogens is 132 g/mol. The van der Waals surface area contributed by atoms with Crippen LogP contribution in [-0.2, 0) is 4.84 Å². The molecule has 2 saturated heterocycles. The summed E-state index contributed by atoms with van der Waals surface area (Å²) in [6.45, 7) is 2.65. The van der Waals surface area contributed by atoms with Gasteiger partial charge in [0.15, 0.2) is 0 Å². The van der Waals surface area contributed by atoms with Gasteiger partial charge in [0.1, 0.15) is 12.9 Å². The van der Waals surface area contributed by atoms with Crippen molar-refractivity contribution < 1.29 is 4.84 Å². The zero-order chi connectivity index (χ0) is 6.81. The molecule has 58 valence electrons. The molecule has 0 aromatic heterocycles. The first-order valence-corrected chi connectivity index (χ1v) is 3.54. The highest BCUT2D eigenvalue weighted by atomic mass is 16.7. The number of hydrogen-bond donors (Lipinski definition) is 4. The molecule has 0 aromatic rings.